The van der Waals surface area contributed by atoms with Crippen molar-refractivity contribution in [2.75, 3.05) is 13.7 Å². The number of benzene rings is 2. The molecule has 0 spiro atoms. The first-order chi connectivity index (χ1) is 14.0. The fraction of sp³-hybridized carbons (Fsp3) is 0.391. The molecule has 1 aliphatic carbocycles. The van der Waals surface area contributed by atoms with Crippen molar-refractivity contribution in [2.45, 2.75) is 45.2 Å². The van der Waals surface area contributed by atoms with Crippen LogP contribution in [-0.2, 0) is 6.54 Å². The van der Waals surface area contributed by atoms with Gasteiger partial charge in [-0.2, -0.15) is 0 Å². The summed E-state index contributed by atoms with van der Waals surface area (Å²) in [5.74, 6) is 0.718. The highest BCUT2D eigenvalue weighted by molar-refractivity contribution is 5.95. The van der Waals surface area contributed by atoms with Gasteiger partial charge in [-0.1, -0.05) is 25.5 Å². The van der Waals surface area contributed by atoms with Crippen LogP contribution in [0.3, 0.4) is 0 Å². The van der Waals surface area contributed by atoms with Crippen LogP contribution in [0.4, 0.5) is 0 Å². The van der Waals surface area contributed by atoms with Crippen molar-refractivity contribution >= 4 is 11.8 Å². The molecular formula is C23H28N2O4. The summed E-state index contributed by atoms with van der Waals surface area (Å²) in [5.41, 5.74) is 7.29. The molecule has 6 nitrogen and oxygen atoms in total. The largest absolute Gasteiger partial charge is 0.493 e. The van der Waals surface area contributed by atoms with Crippen molar-refractivity contribution in [3.8, 4) is 11.5 Å². The van der Waals surface area contributed by atoms with Gasteiger partial charge in [-0.15, -0.1) is 0 Å². The summed E-state index contributed by atoms with van der Waals surface area (Å²) < 4.78 is 11.2. The molecule has 1 saturated carbocycles. The second-order valence-corrected chi connectivity index (χ2v) is 7.29. The molecule has 2 N–H and O–H groups in total. The number of amides is 2. The van der Waals surface area contributed by atoms with E-state index in [2.05, 4.69) is 6.92 Å². The highest BCUT2D eigenvalue weighted by atomic mass is 16.5. The summed E-state index contributed by atoms with van der Waals surface area (Å²) >= 11 is 0. The molecule has 0 radical (unpaired) electrons. The van der Waals surface area contributed by atoms with Crippen LogP contribution in [0, 0.1) is 0 Å². The molecular weight excluding hydrogens is 368 g/mol. The smallest absolute Gasteiger partial charge is 0.254 e. The molecule has 0 saturated heterocycles. The SMILES string of the molecule is CCCCOc1ccc(C(=O)N(Cc2ccc(C(N)=O)cc2)C2CC2)cc1OC. The lowest BCUT2D eigenvalue weighted by molar-refractivity contribution is 0.0729. The van der Waals surface area contributed by atoms with Crippen LogP contribution in [0.5, 0.6) is 11.5 Å². The Morgan fingerprint density at radius 1 is 1.07 bits per heavy atom. The van der Waals surface area contributed by atoms with Crippen LogP contribution in [0.2, 0.25) is 0 Å². The van der Waals surface area contributed by atoms with Crippen LogP contribution >= 0.6 is 0 Å². The summed E-state index contributed by atoms with van der Waals surface area (Å²) in [5, 5.41) is 0. The third kappa shape index (κ3) is 5.28. The minimum Gasteiger partial charge on any atom is -0.493 e. The lowest BCUT2D eigenvalue weighted by Gasteiger charge is -2.23. The Bertz CT molecular complexity index is 860. The zero-order chi connectivity index (χ0) is 20.8. The van der Waals surface area contributed by atoms with Gasteiger partial charge in [-0.3, -0.25) is 9.59 Å². The minimum atomic E-state index is -0.458. The molecule has 0 atom stereocenters. The van der Waals surface area contributed by atoms with Gasteiger partial charge in [0.2, 0.25) is 5.91 Å². The number of hydrogen-bond acceptors (Lipinski definition) is 4. The Morgan fingerprint density at radius 2 is 1.76 bits per heavy atom. The Morgan fingerprint density at radius 3 is 2.34 bits per heavy atom. The number of rotatable bonds is 10. The van der Waals surface area contributed by atoms with Gasteiger partial charge in [-0.25, -0.2) is 0 Å². The summed E-state index contributed by atoms with van der Waals surface area (Å²) in [6.07, 6.45) is 4.02. The monoisotopic (exact) mass is 396 g/mol. The van der Waals surface area contributed by atoms with Crippen molar-refractivity contribution in [1.29, 1.82) is 0 Å². The number of unbranched alkanes of at least 4 members (excludes halogenated alkanes) is 1. The van der Waals surface area contributed by atoms with Crippen LogP contribution in [0.15, 0.2) is 42.5 Å². The highest BCUT2D eigenvalue weighted by Crippen LogP contribution is 2.33. The summed E-state index contributed by atoms with van der Waals surface area (Å²) in [6.45, 7) is 3.21. The number of nitrogens with zero attached hydrogens (tertiary/aromatic N) is 1. The van der Waals surface area contributed by atoms with Crippen LogP contribution in [0.1, 0.15) is 58.9 Å². The lowest BCUT2D eigenvalue weighted by Crippen LogP contribution is -2.32. The van der Waals surface area contributed by atoms with E-state index in [0.717, 1.165) is 31.2 Å². The third-order valence-corrected chi connectivity index (χ3v) is 5.01. The van der Waals surface area contributed by atoms with E-state index in [0.29, 0.717) is 35.8 Å². The quantitative estimate of drug-likeness (QED) is 0.620. The van der Waals surface area contributed by atoms with E-state index >= 15 is 0 Å². The van der Waals surface area contributed by atoms with Crippen LogP contribution in [0.25, 0.3) is 0 Å². The predicted molar refractivity (Wildman–Crippen MR) is 111 cm³/mol. The van der Waals surface area contributed by atoms with Gasteiger partial charge < -0.3 is 20.1 Å². The van der Waals surface area contributed by atoms with E-state index in [4.69, 9.17) is 15.2 Å². The second-order valence-electron chi connectivity index (χ2n) is 7.29. The maximum atomic E-state index is 13.2. The van der Waals surface area contributed by atoms with Crippen molar-refractivity contribution < 1.29 is 19.1 Å². The molecule has 0 unspecified atom stereocenters. The number of primary amides is 1. The van der Waals surface area contributed by atoms with Crippen LogP contribution < -0.4 is 15.2 Å². The molecule has 0 bridgehead atoms. The molecule has 154 valence electrons. The third-order valence-electron chi connectivity index (χ3n) is 5.01. The van der Waals surface area contributed by atoms with E-state index in [-0.39, 0.29) is 11.9 Å². The molecule has 2 amide bonds. The standard InChI is InChI=1S/C23H28N2O4/c1-3-4-13-29-20-12-9-18(14-21(20)28-2)23(27)25(19-10-11-19)15-16-5-7-17(8-6-16)22(24)26/h5-9,12,14,19H,3-4,10-11,13,15H2,1-2H3,(H2,24,26). The number of nitrogens with two attached hydrogens (primary N) is 1. The Labute approximate surface area is 171 Å². The maximum Gasteiger partial charge on any atom is 0.254 e. The molecule has 2 aromatic carbocycles. The zero-order valence-electron chi connectivity index (χ0n) is 17.0. The summed E-state index contributed by atoms with van der Waals surface area (Å²) in [4.78, 5) is 26.3. The van der Waals surface area contributed by atoms with E-state index in [1.54, 1.807) is 37.4 Å². The Kier molecular flexibility index (Phi) is 6.75. The van der Waals surface area contributed by atoms with Gasteiger partial charge in [0.15, 0.2) is 11.5 Å². The molecule has 3 rings (SSSR count). The number of ether oxygens (including phenoxy) is 2. The first kappa shape index (κ1) is 20.7. The molecule has 1 aliphatic rings. The van der Waals surface area contributed by atoms with Gasteiger partial charge >= 0.3 is 0 Å². The second kappa shape index (κ2) is 9.45. The zero-order valence-corrected chi connectivity index (χ0v) is 17.0. The summed E-state index contributed by atoms with van der Waals surface area (Å²) in [7, 11) is 1.58. The van der Waals surface area contributed by atoms with Crippen LogP contribution in [-0.4, -0.2) is 36.5 Å². The van der Waals surface area contributed by atoms with E-state index < -0.39 is 5.91 Å². The first-order valence-corrected chi connectivity index (χ1v) is 10.0. The summed E-state index contributed by atoms with van der Waals surface area (Å²) in [6, 6.07) is 12.6. The number of methoxy groups -OCH3 is 1. The van der Waals surface area contributed by atoms with Gasteiger partial charge in [0.05, 0.1) is 13.7 Å². The molecule has 0 heterocycles. The normalized spacial score (nSPS) is 13.0. The van der Waals surface area contributed by atoms with Gasteiger partial charge in [-0.05, 0) is 55.2 Å². The Balaban J connectivity index is 1.76. The topological polar surface area (TPSA) is 81.9 Å². The molecule has 1 fully saturated rings. The van der Waals surface area contributed by atoms with Crippen molar-refractivity contribution in [2.24, 2.45) is 5.73 Å². The number of hydrogen-bond donors (Lipinski definition) is 1. The van der Waals surface area contributed by atoms with E-state index in [1.165, 1.54) is 0 Å². The van der Waals surface area contributed by atoms with Gasteiger partial charge in [0, 0.05) is 23.7 Å². The van der Waals surface area contributed by atoms with Crippen molar-refractivity contribution in [3.63, 3.8) is 0 Å². The van der Waals surface area contributed by atoms with Crippen molar-refractivity contribution in [1.82, 2.24) is 4.90 Å². The van der Waals surface area contributed by atoms with E-state index in [9.17, 15) is 9.59 Å². The van der Waals surface area contributed by atoms with Gasteiger partial charge in [0.1, 0.15) is 0 Å². The molecule has 6 heteroatoms. The average Bonchev–Trinajstić information content (AvgIpc) is 3.57. The molecule has 0 aliphatic heterocycles. The maximum absolute atomic E-state index is 13.2. The molecule has 29 heavy (non-hydrogen) atoms. The fourth-order valence-electron chi connectivity index (χ4n) is 3.14. The van der Waals surface area contributed by atoms with Gasteiger partial charge in [0.25, 0.3) is 5.91 Å². The highest BCUT2D eigenvalue weighted by Gasteiger charge is 2.33. The lowest BCUT2D eigenvalue weighted by atomic mass is 10.1. The molecule has 0 aromatic heterocycles. The Hall–Kier alpha value is -3.02. The minimum absolute atomic E-state index is 0.0371. The molecule has 2 aromatic rings. The first-order valence-electron chi connectivity index (χ1n) is 10.0. The van der Waals surface area contributed by atoms with E-state index in [1.807, 2.05) is 17.0 Å². The number of carbonyl (C=O) groups is 2. The fourth-order valence-corrected chi connectivity index (χ4v) is 3.14. The van der Waals surface area contributed by atoms with Crippen molar-refractivity contribution in [3.05, 3.63) is 59.2 Å². The predicted octanol–water partition coefficient (Wildman–Crippen LogP) is 3.78. The average molecular weight is 396 g/mol. The number of carbonyl (C=O) groups excluding carboxylic acids is 2.